The van der Waals surface area contributed by atoms with Gasteiger partial charge in [0.05, 0.1) is 12.2 Å². The minimum atomic E-state index is -2.36. The van der Waals surface area contributed by atoms with Crippen LogP contribution in [-0.4, -0.2) is 51.8 Å². The fourth-order valence-corrected chi connectivity index (χ4v) is 3.07. The lowest BCUT2D eigenvalue weighted by Gasteiger charge is -2.28. The van der Waals surface area contributed by atoms with Gasteiger partial charge in [-0.25, -0.2) is 18.4 Å². The van der Waals surface area contributed by atoms with Crippen molar-refractivity contribution in [3.8, 4) is 5.69 Å². The molecule has 1 aromatic carbocycles. The summed E-state index contributed by atoms with van der Waals surface area (Å²) in [5.74, 6) is 0. The number of nitrogens with zero attached hydrogens (tertiary/aromatic N) is 4. The first-order valence-electron chi connectivity index (χ1n) is 7.50. The van der Waals surface area contributed by atoms with Gasteiger partial charge in [-0.05, 0) is 30.7 Å². The fourth-order valence-electron chi connectivity index (χ4n) is 2.91. The summed E-state index contributed by atoms with van der Waals surface area (Å²) in [5.41, 5.74) is 1.66. The number of hydrogen-bond acceptors (Lipinski definition) is 4. The molecule has 1 N–H and O–H groups in total. The maximum atomic E-state index is 13.0. The predicted molar refractivity (Wildman–Crippen MR) is 84.1 cm³/mol. The van der Waals surface area contributed by atoms with E-state index in [1.807, 2.05) is 11.0 Å². The standard InChI is InChI=1S/C15H18ClF2N5/c16-12-2-1-11(14(5-12)23-10-20-9-21-23)7-22(8-15(17)18)13-3-4-19-6-13/h1-2,5,9-10,13,15,19H,3-4,6-8H2/t13-/m0/s1. The van der Waals surface area contributed by atoms with Crippen LogP contribution >= 0.6 is 11.6 Å². The zero-order valence-corrected chi connectivity index (χ0v) is 13.3. The van der Waals surface area contributed by atoms with Crippen molar-refractivity contribution in [2.24, 2.45) is 0 Å². The predicted octanol–water partition coefficient (Wildman–Crippen LogP) is 2.35. The Morgan fingerprint density at radius 3 is 2.96 bits per heavy atom. The van der Waals surface area contributed by atoms with Crippen LogP contribution in [0.25, 0.3) is 5.69 Å². The summed E-state index contributed by atoms with van der Waals surface area (Å²) in [7, 11) is 0. The Labute approximate surface area is 138 Å². The maximum absolute atomic E-state index is 13.0. The van der Waals surface area contributed by atoms with Crippen LogP contribution in [0.1, 0.15) is 12.0 Å². The minimum absolute atomic E-state index is 0.114. The molecule has 23 heavy (non-hydrogen) atoms. The SMILES string of the molecule is FC(F)CN(Cc1ccc(Cl)cc1-n1cncn1)[C@H]1CCNC1. The quantitative estimate of drug-likeness (QED) is 0.876. The molecule has 1 aliphatic heterocycles. The monoisotopic (exact) mass is 341 g/mol. The van der Waals surface area contributed by atoms with E-state index in [1.165, 1.54) is 6.33 Å². The van der Waals surface area contributed by atoms with E-state index in [-0.39, 0.29) is 12.6 Å². The second-order valence-corrected chi connectivity index (χ2v) is 6.02. The lowest BCUT2D eigenvalue weighted by molar-refractivity contribution is 0.0651. The Balaban J connectivity index is 1.87. The van der Waals surface area contributed by atoms with Gasteiger partial charge in [0, 0.05) is 24.2 Å². The first-order chi connectivity index (χ1) is 11.1. The Kier molecular flexibility index (Phi) is 5.20. The van der Waals surface area contributed by atoms with E-state index in [1.54, 1.807) is 23.1 Å². The van der Waals surface area contributed by atoms with E-state index in [2.05, 4.69) is 15.4 Å². The molecule has 0 aliphatic carbocycles. The van der Waals surface area contributed by atoms with Gasteiger partial charge in [-0.15, -0.1) is 0 Å². The Morgan fingerprint density at radius 2 is 2.30 bits per heavy atom. The number of hydrogen-bond donors (Lipinski definition) is 1. The number of aromatic nitrogens is 3. The van der Waals surface area contributed by atoms with Crippen molar-refractivity contribution in [3.63, 3.8) is 0 Å². The molecule has 1 aromatic heterocycles. The van der Waals surface area contributed by atoms with E-state index < -0.39 is 6.43 Å². The van der Waals surface area contributed by atoms with Crippen LogP contribution in [0.2, 0.25) is 5.02 Å². The average molecular weight is 342 g/mol. The van der Waals surface area contributed by atoms with E-state index in [4.69, 9.17) is 11.6 Å². The molecule has 0 amide bonds. The number of nitrogens with one attached hydrogen (secondary N) is 1. The summed E-state index contributed by atoms with van der Waals surface area (Å²) >= 11 is 6.08. The molecule has 0 unspecified atom stereocenters. The largest absolute Gasteiger partial charge is 0.315 e. The number of halogens is 3. The summed E-state index contributed by atoms with van der Waals surface area (Å²) in [6, 6.07) is 5.52. The molecule has 1 atom stereocenters. The first kappa shape index (κ1) is 16.3. The van der Waals surface area contributed by atoms with E-state index in [0.29, 0.717) is 11.6 Å². The lowest BCUT2D eigenvalue weighted by Crippen LogP contribution is -2.39. The van der Waals surface area contributed by atoms with Gasteiger partial charge in [0.2, 0.25) is 0 Å². The zero-order chi connectivity index (χ0) is 16.2. The smallest absolute Gasteiger partial charge is 0.251 e. The Bertz CT molecular complexity index is 629. The zero-order valence-electron chi connectivity index (χ0n) is 12.5. The summed E-state index contributed by atoms with van der Waals surface area (Å²) in [6.07, 6.45) is 1.52. The van der Waals surface area contributed by atoms with Crippen molar-refractivity contribution in [2.75, 3.05) is 19.6 Å². The highest BCUT2D eigenvalue weighted by atomic mass is 35.5. The molecular formula is C15H18ClF2N5. The second kappa shape index (κ2) is 7.33. The molecule has 2 heterocycles. The van der Waals surface area contributed by atoms with E-state index >= 15 is 0 Å². The first-order valence-corrected chi connectivity index (χ1v) is 7.87. The van der Waals surface area contributed by atoms with Crippen LogP contribution in [0.3, 0.4) is 0 Å². The van der Waals surface area contributed by atoms with Crippen LogP contribution in [0.5, 0.6) is 0 Å². The highest BCUT2D eigenvalue weighted by Gasteiger charge is 2.25. The fraction of sp³-hybridized carbons (Fsp3) is 0.467. The third-order valence-electron chi connectivity index (χ3n) is 4.01. The van der Waals surface area contributed by atoms with E-state index in [0.717, 1.165) is 30.8 Å². The lowest BCUT2D eigenvalue weighted by atomic mass is 10.1. The average Bonchev–Trinajstić information content (AvgIpc) is 3.21. The summed E-state index contributed by atoms with van der Waals surface area (Å²) in [4.78, 5) is 5.77. The molecule has 2 aromatic rings. The Hall–Kier alpha value is -1.57. The molecule has 0 spiro atoms. The van der Waals surface area contributed by atoms with Crippen LogP contribution < -0.4 is 5.32 Å². The maximum Gasteiger partial charge on any atom is 0.251 e. The van der Waals surface area contributed by atoms with Crippen molar-refractivity contribution in [3.05, 3.63) is 41.4 Å². The van der Waals surface area contributed by atoms with Crippen molar-refractivity contribution in [1.29, 1.82) is 0 Å². The number of benzene rings is 1. The van der Waals surface area contributed by atoms with Gasteiger partial charge in [-0.3, -0.25) is 4.90 Å². The normalized spacial score (nSPS) is 18.2. The highest BCUT2D eigenvalue weighted by molar-refractivity contribution is 6.30. The van der Waals surface area contributed by atoms with Gasteiger partial charge >= 0.3 is 0 Å². The van der Waals surface area contributed by atoms with Crippen LogP contribution in [0.4, 0.5) is 8.78 Å². The molecule has 124 valence electrons. The molecule has 8 heteroatoms. The third-order valence-corrected chi connectivity index (χ3v) is 4.24. The van der Waals surface area contributed by atoms with Crippen LogP contribution in [0, 0.1) is 0 Å². The van der Waals surface area contributed by atoms with Gasteiger partial charge in [0.15, 0.2) is 0 Å². The topological polar surface area (TPSA) is 46.0 Å². The molecular weight excluding hydrogens is 324 g/mol. The number of alkyl halides is 2. The van der Waals surface area contributed by atoms with Crippen LogP contribution in [0.15, 0.2) is 30.9 Å². The molecule has 1 saturated heterocycles. The van der Waals surface area contributed by atoms with Gasteiger partial charge in [-0.2, -0.15) is 5.10 Å². The summed E-state index contributed by atoms with van der Waals surface area (Å²) < 4.78 is 27.5. The molecule has 1 fully saturated rings. The molecule has 0 saturated carbocycles. The molecule has 3 rings (SSSR count). The van der Waals surface area contributed by atoms with Crippen molar-refractivity contribution in [1.82, 2.24) is 25.0 Å². The molecule has 0 bridgehead atoms. The highest BCUT2D eigenvalue weighted by Crippen LogP contribution is 2.23. The number of rotatable bonds is 6. The van der Waals surface area contributed by atoms with Crippen molar-refractivity contribution >= 4 is 11.6 Å². The minimum Gasteiger partial charge on any atom is -0.315 e. The van der Waals surface area contributed by atoms with Gasteiger partial charge < -0.3 is 5.32 Å². The summed E-state index contributed by atoms with van der Waals surface area (Å²) in [5, 5.41) is 7.92. The van der Waals surface area contributed by atoms with Crippen LogP contribution in [-0.2, 0) is 6.54 Å². The molecule has 0 radical (unpaired) electrons. The van der Waals surface area contributed by atoms with Gasteiger partial charge in [-0.1, -0.05) is 17.7 Å². The van der Waals surface area contributed by atoms with Gasteiger partial charge in [0.25, 0.3) is 6.43 Å². The molecule has 1 aliphatic rings. The Morgan fingerprint density at radius 1 is 1.43 bits per heavy atom. The third kappa shape index (κ3) is 4.04. The van der Waals surface area contributed by atoms with E-state index in [9.17, 15) is 8.78 Å². The summed E-state index contributed by atoms with van der Waals surface area (Å²) in [6.45, 7) is 1.77. The van der Waals surface area contributed by atoms with Crippen molar-refractivity contribution in [2.45, 2.75) is 25.4 Å². The second-order valence-electron chi connectivity index (χ2n) is 5.58. The van der Waals surface area contributed by atoms with Gasteiger partial charge in [0.1, 0.15) is 12.7 Å². The van der Waals surface area contributed by atoms with Crippen molar-refractivity contribution < 1.29 is 8.78 Å². The molecule has 5 nitrogen and oxygen atoms in total.